The lowest BCUT2D eigenvalue weighted by Crippen LogP contribution is -2.29. The Balaban J connectivity index is 2.07. The van der Waals surface area contributed by atoms with E-state index in [-0.39, 0.29) is 0 Å². The molecule has 114 valence electrons. The normalized spacial score (nSPS) is 10.9. The number of rotatable bonds is 8. The zero-order chi connectivity index (χ0) is 15.1. The molecular formula is C12H21N9. The van der Waals surface area contributed by atoms with Gasteiger partial charge in [-0.3, -0.25) is 5.43 Å². The number of nitrogen functional groups attached to an aromatic ring is 1. The van der Waals surface area contributed by atoms with Crippen molar-refractivity contribution in [1.29, 1.82) is 0 Å². The molecule has 0 aliphatic carbocycles. The van der Waals surface area contributed by atoms with Gasteiger partial charge in [0.1, 0.15) is 0 Å². The van der Waals surface area contributed by atoms with Gasteiger partial charge in [0.05, 0.1) is 0 Å². The van der Waals surface area contributed by atoms with Gasteiger partial charge in [0.2, 0.25) is 11.9 Å². The molecule has 0 unspecified atom stereocenters. The lowest BCUT2D eigenvalue weighted by atomic mass is 10.4. The van der Waals surface area contributed by atoms with Crippen LogP contribution >= 0.6 is 0 Å². The lowest BCUT2D eigenvalue weighted by molar-refractivity contribution is 0.316. The van der Waals surface area contributed by atoms with Gasteiger partial charge >= 0.3 is 0 Å². The van der Waals surface area contributed by atoms with Crippen LogP contribution in [0.5, 0.6) is 0 Å². The highest BCUT2D eigenvalue weighted by atomic mass is 15.4. The number of hydrogen-bond donors (Lipinski definition) is 3. The summed E-state index contributed by atoms with van der Waals surface area (Å²) in [6.07, 6.45) is 3.42. The largest absolute Gasteiger partial charge is 0.353 e. The maximum Gasteiger partial charge on any atom is 0.257 e. The number of aromatic nitrogens is 5. The van der Waals surface area contributed by atoms with Crippen LogP contribution in [0, 0.1) is 0 Å². The van der Waals surface area contributed by atoms with Crippen LogP contribution in [0.3, 0.4) is 0 Å². The van der Waals surface area contributed by atoms with Crippen LogP contribution in [0.25, 0.3) is 5.95 Å². The second kappa shape index (κ2) is 7.50. The van der Waals surface area contributed by atoms with E-state index in [9.17, 15) is 0 Å². The number of nitrogens with zero attached hydrogens (tertiary/aromatic N) is 6. The molecule has 0 aliphatic heterocycles. The first kappa shape index (κ1) is 15.1. The number of nitrogens with one attached hydrogen (secondary N) is 2. The highest BCUT2D eigenvalue weighted by molar-refractivity contribution is 5.36. The smallest absolute Gasteiger partial charge is 0.257 e. The molecule has 0 saturated heterocycles. The third-order valence-corrected chi connectivity index (χ3v) is 3.07. The van der Waals surface area contributed by atoms with E-state index in [4.69, 9.17) is 5.84 Å². The summed E-state index contributed by atoms with van der Waals surface area (Å²) in [4.78, 5) is 15.0. The summed E-state index contributed by atoms with van der Waals surface area (Å²) in [5, 5.41) is 7.28. The van der Waals surface area contributed by atoms with E-state index >= 15 is 0 Å². The SMILES string of the molecule is CCN(CC)CCNc1nc(NN)nc(-n2cccn2)n1. The zero-order valence-electron chi connectivity index (χ0n) is 12.3. The van der Waals surface area contributed by atoms with Crippen LogP contribution in [0.15, 0.2) is 18.5 Å². The average Bonchev–Trinajstić information content (AvgIpc) is 3.05. The van der Waals surface area contributed by atoms with Gasteiger partial charge < -0.3 is 10.2 Å². The van der Waals surface area contributed by atoms with Gasteiger partial charge in [0.15, 0.2) is 0 Å². The van der Waals surface area contributed by atoms with Crippen molar-refractivity contribution in [1.82, 2.24) is 29.6 Å². The summed E-state index contributed by atoms with van der Waals surface area (Å²) >= 11 is 0. The maximum atomic E-state index is 5.39. The first-order valence-corrected chi connectivity index (χ1v) is 6.95. The van der Waals surface area contributed by atoms with Crippen LogP contribution in [0.4, 0.5) is 11.9 Å². The topological polar surface area (TPSA) is 110 Å². The van der Waals surface area contributed by atoms with Crippen molar-refractivity contribution in [2.24, 2.45) is 5.84 Å². The van der Waals surface area contributed by atoms with Crippen molar-refractivity contribution in [2.75, 3.05) is 36.9 Å². The molecule has 4 N–H and O–H groups in total. The molecule has 0 fully saturated rings. The van der Waals surface area contributed by atoms with Crippen molar-refractivity contribution < 1.29 is 0 Å². The molecule has 2 aromatic rings. The molecule has 2 aromatic heterocycles. The molecule has 0 bridgehead atoms. The fourth-order valence-corrected chi connectivity index (χ4v) is 1.86. The second-order valence-corrected chi connectivity index (χ2v) is 4.33. The molecule has 0 amide bonds. The monoisotopic (exact) mass is 291 g/mol. The number of anilines is 2. The number of hydrazine groups is 1. The fourth-order valence-electron chi connectivity index (χ4n) is 1.86. The Bertz CT molecular complexity index is 536. The zero-order valence-corrected chi connectivity index (χ0v) is 12.3. The molecule has 0 spiro atoms. The van der Waals surface area contributed by atoms with Crippen molar-refractivity contribution >= 4 is 11.9 Å². The molecule has 9 heteroatoms. The van der Waals surface area contributed by atoms with Crippen molar-refractivity contribution in [3.8, 4) is 5.95 Å². The highest BCUT2D eigenvalue weighted by Gasteiger charge is 2.08. The predicted octanol–water partition coefficient (Wildman–Crippen LogP) is 0.0966. The van der Waals surface area contributed by atoms with Crippen molar-refractivity contribution in [3.63, 3.8) is 0 Å². The molecule has 0 aliphatic rings. The molecule has 0 atom stereocenters. The lowest BCUT2D eigenvalue weighted by Gasteiger charge is -2.18. The molecule has 0 saturated carbocycles. The number of nitrogens with two attached hydrogens (primary N) is 1. The van der Waals surface area contributed by atoms with E-state index in [1.54, 1.807) is 23.1 Å². The number of likely N-dealkylation sites (N-methyl/N-ethyl adjacent to an activating group) is 1. The van der Waals surface area contributed by atoms with Gasteiger partial charge in [0, 0.05) is 25.5 Å². The summed E-state index contributed by atoms with van der Waals surface area (Å²) in [5.74, 6) is 6.56. The Morgan fingerprint density at radius 2 is 1.95 bits per heavy atom. The second-order valence-electron chi connectivity index (χ2n) is 4.33. The first-order chi connectivity index (χ1) is 10.3. The molecule has 0 radical (unpaired) electrons. The molecule has 0 aromatic carbocycles. The highest BCUT2D eigenvalue weighted by Crippen LogP contribution is 2.07. The molecule has 21 heavy (non-hydrogen) atoms. The van der Waals surface area contributed by atoms with Crippen LogP contribution in [-0.4, -0.2) is 55.8 Å². The van der Waals surface area contributed by atoms with Gasteiger partial charge in [-0.2, -0.15) is 20.1 Å². The fraction of sp³-hybridized carbons (Fsp3) is 0.500. The van der Waals surface area contributed by atoms with E-state index in [2.05, 4.69) is 49.5 Å². The quantitative estimate of drug-likeness (QED) is 0.464. The summed E-state index contributed by atoms with van der Waals surface area (Å²) in [6, 6.07) is 1.80. The Morgan fingerprint density at radius 3 is 2.57 bits per heavy atom. The van der Waals surface area contributed by atoms with Gasteiger partial charge in [-0.1, -0.05) is 13.8 Å². The Hall–Kier alpha value is -2.26. The predicted molar refractivity (Wildman–Crippen MR) is 81.0 cm³/mol. The summed E-state index contributed by atoms with van der Waals surface area (Å²) in [7, 11) is 0. The van der Waals surface area contributed by atoms with Gasteiger partial charge in [-0.05, 0) is 19.2 Å². The van der Waals surface area contributed by atoms with Crippen molar-refractivity contribution in [3.05, 3.63) is 18.5 Å². The van der Waals surface area contributed by atoms with E-state index in [0.717, 1.165) is 26.2 Å². The van der Waals surface area contributed by atoms with Crippen LogP contribution in [0.2, 0.25) is 0 Å². The van der Waals surface area contributed by atoms with E-state index in [0.29, 0.717) is 17.8 Å². The third kappa shape index (κ3) is 4.10. The van der Waals surface area contributed by atoms with E-state index < -0.39 is 0 Å². The van der Waals surface area contributed by atoms with E-state index in [1.807, 2.05) is 0 Å². The minimum atomic E-state index is 0.292. The molecule has 9 nitrogen and oxygen atoms in total. The average molecular weight is 291 g/mol. The maximum absolute atomic E-state index is 5.39. The van der Waals surface area contributed by atoms with E-state index in [1.165, 1.54) is 0 Å². The van der Waals surface area contributed by atoms with Crippen LogP contribution in [-0.2, 0) is 0 Å². The standard InChI is InChI=1S/C12H21N9/c1-3-20(4-2)9-7-14-10-16-11(19-13)18-12(17-10)21-8-5-6-15-21/h5-6,8H,3-4,7,9,13H2,1-2H3,(H2,14,16,17,18,19). The Morgan fingerprint density at radius 1 is 1.19 bits per heavy atom. The van der Waals surface area contributed by atoms with Crippen LogP contribution in [0.1, 0.15) is 13.8 Å². The first-order valence-electron chi connectivity index (χ1n) is 6.95. The molecular weight excluding hydrogens is 270 g/mol. The third-order valence-electron chi connectivity index (χ3n) is 3.07. The van der Waals surface area contributed by atoms with Gasteiger partial charge in [-0.15, -0.1) is 0 Å². The summed E-state index contributed by atoms with van der Waals surface area (Å²) < 4.78 is 1.55. The number of hydrogen-bond acceptors (Lipinski definition) is 8. The molecule has 2 rings (SSSR count). The minimum absolute atomic E-state index is 0.292. The Labute approximate surface area is 123 Å². The summed E-state index contributed by atoms with van der Waals surface area (Å²) in [6.45, 7) is 7.97. The molecule has 2 heterocycles. The van der Waals surface area contributed by atoms with Crippen molar-refractivity contribution in [2.45, 2.75) is 13.8 Å². The van der Waals surface area contributed by atoms with Crippen LogP contribution < -0.4 is 16.6 Å². The van der Waals surface area contributed by atoms with Gasteiger partial charge in [-0.25, -0.2) is 10.5 Å². The Kier molecular flexibility index (Phi) is 5.41. The van der Waals surface area contributed by atoms with Gasteiger partial charge in [0.25, 0.3) is 5.95 Å². The minimum Gasteiger partial charge on any atom is -0.353 e. The summed E-state index contributed by atoms with van der Waals surface area (Å²) in [5.41, 5.74) is 2.44.